The molecule has 82 heavy (non-hydrogen) atoms. The van der Waals surface area contributed by atoms with Crippen LogP contribution in [0.25, 0.3) is 0 Å². The van der Waals surface area contributed by atoms with Gasteiger partial charge in [0.25, 0.3) is 0 Å². The fourth-order valence-corrected chi connectivity index (χ4v) is 9.11. The third-order valence-corrected chi connectivity index (χ3v) is 14.1. The summed E-state index contributed by atoms with van der Waals surface area (Å²) in [6, 6.07) is 0. The van der Waals surface area contributed by atoms with Gasteiger partial charge in [0.05, 0.1) is 0 Å². The van der Waals surface area contributed by atoms with Crippen molar-refractivity contribution in [3.8, 4) is 0 Å². The highest BCUT2D eigenvalue weighted by molar-refractivity contribution is 5.71. The average Bonchev–Trinajstić information content (AvgIpc) is 3.47. The van der Waals surface area contributed by atoms with E-state index in [4.69, 9.17) is 14.2 Å². The summed E-state index contributed by atoms with van der Waals surface area (Å²) in [5.74, 6) is -0.963. The number of unbranched alkanes of at least 4 members (excludes halogenated alkanes) is 25. The lowest BCUT2D eigenvalue weighted by Gasteiger charge is -2.18. The molecule has 0 aromatic carbocycles. The number of hydrogen-bond donors (Lipinski definition) is 0. The minimum atomic E-state index is -0.811. The number of hydrogen-bond acceptors (Lipinski definition) is 6. The minimum Gasteiger partial charge on any atom is -0.462 e. The molecule has 0 fully saturated rings. The lowest BCUT2D eigenvalue weighted by molar-refractivity contribution is -0.167. The van der Waals surface area contributed by atoms with Crippen LogP contribution in [0.4, 0.5) is 0 Å². The first-order valence-corrected chi connectivity index (χ1v) is 33.8. The van der Waals surface area contributed by atoms with Crippen LogP contribution in [0.5, 0.6) is 0 Å². The van der Waals surface area contributed by atoms with E-state index in [0.717, 1.165) is 122 Å². The largest absolute Gasteiger partial charge is 0.462 e. The lowest BCUT2D eigenvalue weighted by Crippen LogP contribution is -2.30. The van der Waals surface area contributed by atoms with Gasteiger partial charge in [0.2, 0.25) is 0 Å². The van der Waals surface area contributed by atoms with Gasteiger partial charge in [-0.15, -0.1) is 0 Å². The van der Waals surface area contributed by atoms with Crippen molar-refractivity contribution in [1.29, 1.82) is 0 Å². The highest BCUT2D eigenvalue weighted by Gasteiger charge is 2.19. The van der Waals surface area contributed by atoms with Crippen molar-refractivity contribution in [2.45, 2.75) is 303 Å². The van der Waals surface area contributed by atoms with Gasteiger partial charge in [-0.05, 0) is 116 Å². The smallest absolute Gasteiger partial charge is 0.306 e. The van der Waals surface area contributed by atoms with Crippen LogP contribution in [0.15, 0.2) is 146 Å². The molecule has 0 spiro atoms. The van der Waals surface area contributed by atoms with E-state index < -0.39 is 6.10 Å². The zero-order valence-corrected chi connectivity index (χ0v) is 53.2. The zero-order chi connectivity index (χ0) is 59.2. The summed E-state index contributed by atoms with van der Waals surface area (Å²) in [6.45, 7) is 6.34. The molecule has 1 atom stereocenters. The Labute approximate surface area is 506 Å². The van der Waals surface area contributed by atoms with E-state index in [1.165, 1.54) is 128 Å². The van der Waals surface area contributed by atoms with Gasteiger partial charge in [-0.1, -0.05) is 308 Å². The number of allylic oxidation sites excluding steroid dienone is 24. The molecule has 0 rings (SSSR count). The first-order chi connectivity index (χ1) is 40.5. The van der Waals surface area contributed by atoms with Crippen LogP contribution in [-0.2, 0) is 28.6 Å². The molecule has 0 bridgehead atoms. The molecule has 0 saturated carbocycles. The molecular formula is C76H124O6. The van der Waals surface area contributed by atoms with E-state index in [9.17, 15) is 14.4 Å². The second-order valence-electron chi connectivity index (χ2n) is 22.0. The fourth-order valence-electron chi connectivity index (χ4n) is 9.11. The van der Waals surface area contributed by atoms with Crippen LogP contribution in [0.3, 0.4) is 0 Å². The summed E-state index contributed by atoms with van der Waals surface area (Å²) in [6.07, 6.45) is 99.0. The molecule has 6 heteroatoms. The van der Waals surface area contributed by atoms with Crippen LogP contribution < -0.4 is 0 Å². The van der Waals surface area contributed by atoms with Gasteiger partial charge in [0.15, 0.2) is 6.10 Å². The van der Waals surface area contributed by atoms with Crippen molar-refractivity contribution in [1.82, 2.24) is 0 Å². The maximum absolute atomic E-state index is 12.9. The normalized spacial score (nSPS) is 13.1. The average molecular weight is 1130 g/mol. The minimum absolute atomic E-state index is 0.102. The highest BCUT2D eigenvalue weighted by Crippen LogP contribution is 2.16. The Morgan fingerprint density at radius 1 is 0.256 bits per heavy atom. The Kier molecular flexibility index (Phi) is 64.8. The van der Waals surface area contributed by atoms with Crippen molar-refractivity contribution in [3.05, 3.63) is 146 Å². The first-order valence-electron chi connectivity index (χ1n) is 33.8. The first kappa shape index (κ1) is 77.3. The van der Waals surface area contributed by atoms with E-state index in [2.05, 4.69) is 167 Å². The Morgan fingerprint density at radius 2 is 0.488 bits per heavy atom. The van der Waals surface area contributed by atoms with Crippen molar-refractivity contribution in [3.63, 3.8) is 0 Å². The number of rotatable bonds is 60. The predicted octanol–water partition coefficient (Wildman–Crippen LogP) is 23.5. The van der Waals surface area contributed by atoms with E-state index in [-0.39, 0.29) is 37.5 Å². The lowest BCUT2D eigenvalue weighted by atomic mass is 10.0. The van der Waals surface area contributed by atoms with Gasteiger partial charge < -0.3 is 14.2 Å². The Hall–Kier alpha value is -4.71. The summed E-state index contributed by atoms with van der Waals surface area (Å²) >= 11 is 0. The van der Waals surface area contributed by atoms with Gasteiger partial charge in [-0.2, -0.15) is 0 Å². The topological polar surface area (TPSA) is 78.9 Å². The second kappa shape index (κ2) is 68.8. The summed E-state index contributed by atoms with van der Waals surface area (Å²) < 4.78 is 16.8. The SMILES string of the molecule is CC/C=C\C/C=C\C/C=C\C/C=C\C/C=C\C/C=C\C/C=C\CCCC(=O)OC(COC(=O)CCCCCCCCCC)COC(=O)CCCCCCCCCCCCCCCCCCC/C=C\C/C=C\C/C=C\C/C=C\C/C=C\CC. The number of ether oxygens (including phenoxy) is 3. The van der Waals surface area contributed by atoms with E-state index in [1.807, 2.05) is 0 Å². The Morgan fingerprint density at radius 3 is 0.780 bits per heavy atom. The summed E-state index contributed by atoms with van der Waals surface area (Å²) in [5, 5.41) is 0. The molecule has 0 aromatic heterocycles. The molecule has 0 amide bonds. The van der Waals surface area contributed by atoms with Crippen LogP contribution >= 0.6 is 0 Å². The molecule has 0 saturated heterocycles. The zero-order valence-electron chi connectivity index (χ0n) is 53.2. The Bertz CT molecular complexity index is 1780. The maximum Gasteiger partial charge on any atom is 0.306 e. The Balaban J connectivity index is 4.18. The molecule has 1 unspecified atom stereocenters. The molecule has 0 N–H and O–H groups in total. The molecule has 0 radical (unpaired) electrons. The summed E-state index contributed by atoms with van der Waals surface area (Å²) in [4.78, 5) is 38.2. The predicted molar refractivity (Wildman–Crippen MR) is 357 cm³/mol. The van der Waals surface area contributed by atoms with Gasteiger partial charge in [0, 0.05) is 19.3 Å². The third kappa shape index (κ3) is 66.1. The van der Waals surface area contributed by atoms with Crippen LogP contribution in [-0.4, -0.2) is 37.2 Å². The summed E-state index contributed by atoms with van der Waals surface area (Å²) in [5.41, 5.74) is 0. The van der Waals surface area contributed by atoms with E-state index >= 15 is 0 Å². The van der Waals surface area contributed by atoms with Gasteiger partial charge in [-0.25, -0.2) is 0 Å². The molecule has 0 heterocycles. The monoisotopic (exact) mass is 1130 g/mol. The number of esters is 3. The molecule has 0 aliphatic heterocycles. The van der Waals surface area contributed by atoms with Crippen molar-refractivity contribution in [2.75, 3.05) is 13.2 Å². The fraction of sp³-hybridized carbons (Fsp3) is 0.645. The number of carbonyl (C=O) groups is 3. The van der Waals surface area contributed by atoms with Crippen molar-refractivity contribution in [2.24, 2.45) is 0 Å². The van der Waals surface area contributed by atoms with Gasteiger partial charge in [-0.3, -0.25) is 14.4 Å². The quantitative estimate of drug-likeness (QED) is 0.0261. The van der Waals surface area contributed by atoms with Gasteiger partial charge >= 0.3 is 17.9 Å². The third-order valence-electron chi connectivity index (χ3n) is 14.1. The molecule has 464 valence electrons. The maximum atomic E-state index is 12.9. The van der Waals surface area contributed by atoms with Crippen molar-refractivity contribution >= 4 is 17.9 Å². The number of carbonyl (C=O) groups excluding carboxylic acids is 3. The van der Waals surface area contributed by atoms with E-state index in [0.29, 0.717) is 19.3 Å². The second-order valence-corrected chi connectivity index (χ2v) is 22.0. The molecule has 6 nitrogen and oxygen atoms in total. The molecule has 0 aromatic rings. The van der Waals surface area contributed by atoms with Crippen LogP contribution in [0.2, 0.25) is 0 Å². The summed E-state index contributed by atoms with van der Waals surface area (Å²) in [7, 11) is 0. The standard InChI is InChI=1S/C76H124O6/c1-4-7-10-13-16-19-21-23-25-27-29-31-33-34-35-36-37-38-39-40-41-42-44-45-47-49-51-53-55-57-60-63-66-69-75(78)81-72-73(71-80-74(77)68-65-62-59-18-15-12-9-6-3)82-76(79)70-67-64-61-58-56-54-52-50-48-46-43-32-30-28-26-24-22-20-17-14-11-8-5-2/h7-8,10-11,16-17,19-20,23-26,29-32,34-35,46,48,52,54,58,61,73H,4-6,9,12-15,18,21-22,27-28,33,36-45,47,49-51,53,55-57,59-60,62-72H2,1-3H3/b10-7-,11-8-,19-16-,20-17-,25-23-,26-24-,31-29-,32-30-,35-34-,48-46-,54-52-,61-58-. The van der Waals surface area contributed by atoms with Crippen LogP contribution in [0.1, 0.15) is 297 Å². The van der Waals surface area contributed by atoms with Crippen LogP contribution in [0, 0.1) is 0 Å². The van der Waals surface area contributed by atoms with E-state index in [1.54, 1.807) is 0 Å². The van der Waals surface area contributed by atoms with Gasteiger partial charge in [0.1, 0.15) is 13.2 Å². The molecular weight excluding hydrogens is 1010 g/mol. The molecule has 0 aliphatic rings. The highest BCUT2D eigenvalue weighted by atomic mass is 16.6. The molecule has 0 aliphatic carbocycles. The van der Waals surface area contributed by atoms with Crippen molar-refractivity contribution < 1.29 is 28.6 Å².